The van der Waals surface area contributed by atoms with Crippen LogP contribution in [0.15, 0.2) is 0 Å². The van der Waals surface area contributed by atoms with Crippen molar-refractivity contribution in [2.45, 2.75) is 26.3 Å². The van der Waals surface area contributed by atoms with E-state index in [4.69, 9.17) is 5.11 Å². The molecule has 0 bridgehead atoms. The number of carboxylic acids is 1. The second-order valence-corrected chi connectivity index (χ2v) is 5.85. The van der Waals surface area contributed by atoms with Crippen LogP contribution in [0.4, 0.5) is 4.79 Å². The molecule has 0 aromatic carbocycles. The van der Waals surface area contributed by atoms with Gasteiger partial charge in [-0.2, -0.15) is 0 Å². The van der Waals surface area contributed by atoms with Crippen molar-refractivity contribution in [3.05, 3.63) is 0 Å². The smallest absolute Gasteiger partial charge is 0.317 e. The van der Waals surface area contributed by atoms with Crippen LogP contribution < -0.4 is 5.32 Å². The summed E-state index contributed by atoms with van der Waals surface area (Å²) < 4.78 is 0. The molecule has 2 rings (SSSR count). The third kappa shape index (κ3) is 3.13. The predicted molar refractivity (Wildman–Crippen MR) is 66.4 cm³/mol. The van der Waals surface area contributed by atoms with E-state index in [1.54, 1.807) is 4.90 Å². The van der Waals surface area contributed by atoms with Gasteiger partial charge in [0.2, 0.25) is 0 Å². The van der Waals surface area contributed by atoms with E-state index >= 15 is 0 Å². The van der Waals surface area contributed by atoms with Crippen LogP contribution in [-0.4, -0.2) is 65.7 Å². The minimum Gasteiger partial charge on any atom is -0.480 e. The fourth-order valence-electron chi connectivity index (χ4n) is 2.25. The summed E-state index contributed by atoms with van der Waals surface area (Å²) in [5.74, 6) is -0.812. The number of carboxylic acid groups (broad SMARTS) is 1. The number of nitrogens with zero attached hydrogens (tertiary/aromatic N) is 2. The van der Waals surface area contributed by atoms with Crippen molar-refractivity contribution in [3.8, 4) is 0 Å². The number of nitrogens with one attached hydrogen (secondary N) is 1. The van der Waals surface area contributed by atoms with E-state index in [1.165, 1.54) is 0 Å². The summed E-state index contributed by atoms with van der Waals surface area (Å²) in [6.45, 7) is 6.82. The molecule has 1 unspecified atom stereocenters. The third-order valence-corrected chi connectivity index (χ3v) is 3.83. The van der Waals surface area contributed by atoms with Crippen molar-refractivity contribution in [2.24, 2.45) is 5.41 Å². The van der Waals surface area contributed by atoms with Crippen molar-refractivity contribution in [2.75, 3.05) is 32.7 Å². The summed E-state index contributed by atoms with van der Waals surface area (Å²) in [7, 11) is 0. The second kappa shape index (κ2) is 4.76. The van der Waals surface area contributed by atoms with Crippen molar-refractivity contribution in [3.63, 3.8) is 0 Å². The van der Waals surface area contributed by atoms with Crippen LogP contribution in [0.2, 0.25) is 0 Å². The highest BCUT2D eigenvalue weighted by atomic mass is 16.4. The van der Waals surface area contributed by atoms with Crippen LogP contribution in [0.1, 0.15) is 20.3 Å². The van der Waals surface area contributed by atoms with Crippen LogP contribution >= 0.6 is 0 Å². The number of urea groups is 1. The van der Waals surface area contributed by atoms with E-state index in [1.807, 2.05) is 4.90 Å². The van der Waals surface area contributed by atoms with E-state index in [0.717, 1.165) is 6.42 Å². The Bertz CT molecular complexity index is 348. The molecule has 1 heterocycles. The van der Waals surface area contributed by atoms with Crippen LogP contribution in [0.3, 0.4) is 0 Å². The van der Waals surface area contributed by atoms with Gasteiger partial charge in [0, 0.05) is 32.2 Å². The number of carbonyl (C=O) groups excluding carboxylic acids is 1. The molecule has 0 radical (unpaired) electrons. The first-order valence-corrected chi connectivity index (χ1v) is 6.38. The summed E-state index contributed by atoms with van der Waals surface area (Å²) in [6.07, 6.45) is 1.04. The average molecular weight is 255 g/mol. The Balaban J connectivity index is 1.72. The Morgan fingerprint density at radius 2 is 1.83 bits per heavy atom. The van der Waals surface area contributed by atoms with Gasteiger partial charge in [-0.05, 0) is 11.8 Å². The Morgan fingerprint density at radius 1 is 1.28 bits per heavy atom. The monoisotopic (exact) mass is 255 g/mol. The van der Waals surface area contributed by atoms with Crippen LogP contribution in [0.25, 0.3) is 0 Å². The maximum absolute atomic E-state index is 11.9. The first kappa shape index (κ1) is 13.1. The lowest BCUT2D eigenvalue weighted by Crippen LogP contribution is -2.53. The van der Waals surface area contributed by atoms with Crippen molar-refractivity contribution in [1.29, 1.82) is 0 Å². The number of aliphatic carboxylic acids is 1. The fourth-order valence-corrected chi connectivity index (χ4v) is 2.25. The largest absolute Gasteiger partial charge is 0.480 e. The van der Waals surface area contributed by atoms with E-state index in [0.29, 0.717) is 32.2 Å². The molecule has 2 aliphatic rings. The molecular weight excluding hydrogens is 234 g/mol. The van der Waals surface area contributed by atoms with Gasteiger partial charge < -0.3 is 15.3 Å². The zero-order valence-electron chi connectivity index (χ0n) is 11.0. The van der Waals surface area contributed by atoms with Gasteiger partial charge in [-0.3, -0.25) is 9.69 Å². The Kier molecular flexibility index (Phi) is 3.47. The third-order valence-electron chi connectivity index (χ3n) is 3.83. The molecule has 2 N–H and O–H groups in total. The van der Waals surface area contributed by atoms with Crippen LogP contribution in [0.5, 0.6) is 0 Å². The molecular formula is C12H21N3O3. The summed E-state index contributed by atoms with van der Waals surface area (Å²) in [5, 5.41) is 11.7. The summed E-state index contributed by atoms with van der Waals surface area (Å²) >= 11 is 0. The maximum atomic E-state index is 11.9. The zero-order chi connectivity index (χ0) is 13.3. The standard InChI is InChI=1S/C12H21N3O3/c1-12(2)7-9(12)13-11(18)15-5-3-14(4-6-15)8-10(16)17/h9H,3-8H2,1-2H3,(H,13,18)(H,16,17). The molecule has 1 saturated heterocycles. The van der Waals surface area contributed by atoms with Gasteiger partial charge in [0.1, 0.15) is 0 Å². The van der Waals surface area contributed by atoms with Gasteiger partial charge in [-0.15, -0.1) is 0 Å². The first-order chi connectivity index (χ1) is 8.38. The number of hydrogen-bond acceptors (Lipinski definition) is 3. The van der Waals surface area contributed by atoms with Gasteiger partial charge in [0.05, 0.1) is 6.54 Å². The van der Waals surface area contributed by atoms with E-state index in [2.05, 4.69) is 19.2 Å². The lowest BCUT2D eigenvalue weighted by molar-refractivity contribution is -0.138. The molecule has 0 aromatic heterocycles. The van der Waals surface area contributed by atoms with Crippen molar-refractivity contribution in [1.82, 2.24) is 15.1 Å². The SMILES string of the molecule is CC1(C)CC1NC(=O)N1CCN(CC(=O)O)CC1. The number of hydrogen-bond donors (Lipinski definition) is 2. The topological polar surface area (TPSA) is 72.9 Å². The molecule has 18 heavy (non-hydrogen) atoms. The van der Waals surface area contributed by atoms with Crippen molar-refractivity contribution < 1.29 is 14.7 Å². The molecule has 6 heteroatoms. The first-order valence-electron chi connectivity index (χ1n) is 6.38. The summed E-state index contributed by atoms with van der Waals surface area (Å²) in [6, 6.07) is 0.280. The lowest BCUT2D eigenvalue weighted by atomic mass is 10.2. The number of piperazine rings is 1. The summed E-state index contributed by atoms with van der Waals surface area (Å²) in [5.41, 5.74) is 0.237. The zero-order valence-corrected chi connectivity index (χ0v) is 11.0. The number of carbonyl (C=O) groups is 2. The molecule has 0 spiro atoms. The van der Waals surface area contributed by atoms with E-state index in [9.17, 15) is 9.59 Å². The fraction of sp³-hybridized carbons (Fsp3) is 0.833. The Morgan fingerprint density at radius 3 is 2.28 bits per heavy atom. The maximum Gasteiger partial charge on any atom is 0.317 e. The van der Waals surface area contributed by atoms with Gasteiger partial charge in [-0.25, -0.2) is 4.79 Å². The van der Waals surface area contributed by atoms with Gasteiger partial charge in [-0.1, -0.05) is 13.8 Å². The minimum atomic E-state index is -0.812. The number of amides is 2. The van der Waals surface area contributed by atoms with E-state index < -0.39 is 5.97 Å². The predicted octanol–water partition coefficient (Wildman–Crippen LogP) is 0.197. The molecule has 2 fully saturated rings. The second-order valence-electron chi connectivity index (χ2n) is 5.85. The number of rotatable bonds is 3. The quantitative estimate of drug-likeness (QED) is 0.755. The molecule has 2 amide bonds. The molecule has 1 aliphatic carbocycles. The van der Waals surface area contributed by atoms with Crippen LogP contribution in [-0.2, 0) is 4.79 Å². The molecule has 1 atom stereocenters. The Labute approximate surface area is 107 Å². The Hall–Kier alpha value is -1.30. The average Bonchev–Trinajstić information content (AvgIpc) is 2.86. The normalized spacial score (nSPS) is 26.8. The molecule has 1 saturated carbocycles. The van der Waals surface area contributed by atoms with Crippen molar-refractivity contribution >= 4 is 12.0 Å². The highest BCUT2D eigenvalue weighted by Crippen LogP contribution is 2.44. The minimum absolute atomic E-state index is 0.0134. The highest BCUT2D eigenvalue weighted by Gasteiger charge is 2.47. The van der Waals surface area contributed by atoms with Gasteiger partial charge in [0.15, 0.2) is 0 Å². The summed E-state index contributed by atoms with van der Waals surface area (Å²) in [4.78, 5) is 26.1. The van der Waals surface area contributed by atoms with Gasteiger partial charge in [0.25, 0.3) is 0 Å². The van der Waals surface area contributed by atoms with Gasteiger partial charge >= 0.3 is 12.0 Å². The molecule has 1 aliphatic heterocycles. The van der Waals surface area contributed by atoms with Crippen LogP contribution in [0, 0.1) is 5.41 Å². The highest BCUT2D eigenvalue weighted by molar-refractivity contribution is 5.75. The molecule has 102 valence electrons. The molecule has 0 aromatic rings. The van der Waals surface area contributed by atoms with E-state index in [-0.39, 0.29) is 18.0 Å². The lowest BCUT2D eigenvalue weighted by Gasteiger charge is -2.33. The molecule has 6 nitrogen and oxygen atoms in total.